The van der Waals surface area contributed by atoms with Crippen LogP contribution in [0.2, 0.25) is 0 Å². The summed E-state index contributed by atoms with van der Waals surface area (Å²) in [6.45, 7) is 15.0. The molecule has 1 atom stereocenters. The number of hydrogen-bond acceptors (Lipinski definition) is 2. The average Bonchev–Trinajstić information content (AvgIpc) is 2.23. The van der Waals surface area contributed by atoms with Crippen molar-refractivity contribution in [3.8, 4) is 0 Å². The number of nitrogens with zero attached hydrogens (tertiary/aromatic N) is 1. The minimum absolute atomic E-state index is 0.346. The van der Waals surface area contributed by atoms with Gasteiger partial charge in [0.2, 0.25) is 0 Å². The highest BCUT2D eigenvalue weighted by atomic mass is 32.1. The molecule has 0 aliphatic heterocycles. The monoisotopic (exact) mass is 245 g/mol. The van der Waals surface area contributed by atoms with Crippen molar-refractivity contribution < 1.29 is 0 Å². The highest BCUT2D eigenvalue weighted by molar-refractivity contribution is 7.80. The van der Waals surface area contributed by atoms with Gasteiger partial charge >= 0.3 is 0 Å². The van der Waals surface area contributed by atoms with Gasteiger partial charge in [-0.2, -0.15) is 12.6 Å². The predicted molar refractivity (Wildman–Crippen MR) is 78.4 cm³/mol. The summed E-state index contributed by atoms with van der Waals surface area (Å²) in [4.78, 5) is 2.50. The van der Waals surface area contributed by atoms with Gasteiger partial charge in [-0.15, -0.1) is 0 Å². The quantitative estimate of drug-likeness (QED) is 0.690. The van der Waals surface area contributed by atoms with Gasteiger partial charge in [0.25, 0.3) is 0 Å². The molecule has 0 saturated heterocycles. The lowest BCUT2D eigenvalue weighted by Gasteiger charge is -2.41. The van der Waals surface area contributed by atoms with Crippen LogP contribution in [0, 0.1) is 10.8 Å². The summed E-state index contributed by atoms with van der Waals surface area (Å²) in [5, 5.41) is 0. The minimum atomic E-state index is 0.346. The van der Waals surface area contributed by atoms with Crippen LogP contribution in [0.25, 0.3) is 0 Å². The van der Waals surface area contributed by atoms with Gasteiger partial charge in [-0.05, 0) is 43.4 Å². The summed E-state index contributed by atoms with van der Waals surface area (Å²) in [5.74, 6) is 0.987. The van der Waals surface area contributed by atoms with Gasteiger partial charge in [0.1, 0.15) is 0 Å². The second-order valence-electron chi connectivity index (χ2n) is 6.32. The van der Waals surface area contributed by atoms with Crippen LogP contribution in [0.1, 0.15) is 54.4 Å². The molecule has 0 rings (SSSR count). The van der Waals surface area contributed by atoms with Crippen LogP contribution >= 0.6 is 12.6 Å². The molecular formula is C14H31NS. The summed E-state index contributed by atoms with van der Waals surface area (Å²) in [7, 11) is 2.25. The Morgan fingerprint density at radius 2 is 1.56 bits per heavy atom. The standard InChI is InChI=1S/C14H31NS/c1-8-14(9-2,11-16)10-15(7)12(3)13(4,5)6/h12,16H,8-11H2,1-7H3. The number of rotatable bonds is 6. The fourth-order valence-electron chi connectivity index (χ4n) is 2.07. The third-order valence-electron chi connectivity index (χ3n) is 4.33. The Balaban J connectivity index is 4.58. The first-order chi connectivity index (χ1) is 7.22. The van der Waals surface area contributed by atoms with Gasteiger partial charge in [0, 0.05) is 12.6 Å². The van der Waals surface area contributed by atoms with Crippen molar-refractivity contribution in [1.82, 2.24) is 4.90 Å². The first-order valence-electron chi connectivity index (χ1n) is 6.53. The van der Waals surface area contributed by atoms with E-state index < -0.39 is 0 Å². The molecule has 1 unspecified atom stereocenters. The first-order valence-corrected chi connectivity index (χ1v) is 7.16. The summed E-state index contributed by atoms with van der Waals surface area (Å²) in [6, 6.07) is 0.602. The highest BCUT2D eigenvalue weighted by Gasteiger charge is 2.31. The van der Waals surface area contributed by atoms with Crippen LogP contribution in [-0.4, -0.2) is 30.3 Å². The van der Waals surface area contributed by atoms with Crippen molar-refractivity contribution in [3.05, 3.63) is 0 Å². The molecule has 0 aromatic heterocycles. The highest BCUT2D eigenvalue weighted by Crippen LogP contribution is 2.31. The molecule has 16 heavy (non-hydrogen) atoms. The normalized spacial score (nSPS) is 15.6. The maximum Gasteiger partial charge on any atom is 0.0113 e. The van der Waals surface area contributed by atoms with E-state index in [-0.39, 0.29) is 0 Å². The molecule has 0 fully saturated rings. The SMILES string of the molecule is CCC(CC)(CS)CN(C)C(C)C(C)(C)C. The predicted octanol–water partition coefficient (Wildman–Crippen LogP) is 4.09. The third kappa shape index (κ3) is 4.29. The minimum Gasteiger partial charge on any atom is -0.303 e. The molecule has 0 spiro atoms. The van der Waals surface area contributed by atoms with Crippen molar-refractivity contribution >= 4 is 12.6 Å². The largest absolute Gasteiger partial charge is 0.303 e. The lowest BCUT2D eigenvalue weighted by Crippen LogP contribution is -2.45. The van der Waals surface area contributed by atoms with E-state index in [4.69, 9.17) is 0 Å². The molecule has 2 heteroatoms. The zero-order chi connectivity index (χ0) is 13.0. The van der Waals surface area contributed by atoms with E-state index in [1.807, 2.05) is 0 Å². The fourth-order valence-corrected chi connectivity index (χ4v) is 2.62. The molecule has 0 aromatic carbocycles. The average molecular weight is 245 g/mol. The Kier molecular flexibility index (Phi) is 6.42. The maximum absolute atomic E-state index is 4.55. The second kappa shape index (κ2) is 6.30. The first kappa shape index (κ1) is 16.3. The molecule has 1 nitrogen and oxygen atoms in total. The van der Waals surface area contributed by atoms with Gasteiger partial charge in [0.05, 0.1) is 0 Å². The van der Waals surface area contributed by atoms with Crippen molar-refractivity contribution in [3.63, 3.8) is 0 Å². The third-order valence-corrected chi connectivity index (χ3v) is 5.01. The second-order valence-corrected chi connectivity index (χ2v) is 6.64. The van der Waals surface area contributed by atoms with Crippen LogP contribution in [0.5, 0.6) is 0 Å². The van der Waals surface area contributed by atoms with E-state index >= 15 is 0 Å². The van der Waals surface area contributed by atoms with Crippen molar-refractivity contribution in [2.45, 2.75) is 60.4 Å². The Hall–Kier alpha value is 0.310. The molecule has 0 N–H and O–H groups in total. The van der Waals surface area contributed by atoms with E-state index in [2.05, 4.69) is 66.1 Å². The maximum atomic E-state index is 4.55. The lowest BCUT2D eigenvalue weighted by atomic mass is 9.81. The van der Waals surface area contributed by atoms with Gasteiger partial charge in [-0.1, -0.05) is 34.6 Å². The van der Waals surface area contributed by atoms with Crippen LogP contribution in [0.3, 0.4) is 0 Å². The van der Waals surface area contributed by atoms with Crippen molar-refractivity contribution in [2.75, 3.05) is 19.3 Å². The fraction of sp³-hybridized carbons (Fsp3) is 1.00. The summed E-state index contributed by atoms with van der Waals surface area (Å²) < 4.78 is 0. The lowest BCUT2D eigenvalue weighted by molar-refractivity contribution is 0.0892. The summed E-state index contributed by atoms with van der Waals surface area (Å²) in [6.07, 6.45) is 2.43. The van der Waals surface area contributed by atoms with Gasteiger partial charge < -0.3 is 4.90 Å². The van der Waals surface area contributed by atoms with Gasteiger partial charge in [0.15, 0.2) is 0 Å². The van der Waals surface area contributed by atoms with Crippen LogP contribution < -0.4 is 0 Å². The molecule has 0 aromatic rings. The van der Waals surface area contributed by atoms with E-state index in [1.54, 1.807) is 0 Å². The topological polar surface area (TPSA) is 3.24 Å². The number of thiol groups is 1. The molecule has 0 aliphatic carbocycles. The Bertz CT molecular complexity index is 183. The Morgan fingerprint density at radius 1 is 1.12 bits per heavy atom. The molecule has 0 amide bonds. The molecule has 0 radical (unpaired) electrons. The molecule has 0 bridgehead atoms. The molecule has 98 valence electrons. The zero-order valence-electron chi connectivity index (χ0n) is 12.3. The van der Waals surface area contributed by atoms with Crippen molar-refractivity contribution in [1.29, 1.82) is 0 Å². The molecule has 0 aliphatic rings. The smallest absolute Gasteiger partial charge is 0.0113 e. The van der Waals surface area contributed by atoms with E-state index in [0.717, 1.165) is 12.3 Å². The number of hydrogen-bond donors (Lipinski definition) is 1. The zero-order valence-corrected chi connectivity index (χ0v) is 13.2. The summed E-state index contributed by atoms with van der Waals surface area (Å²) >= 11 is 4.55. The van der Waals surface area contributed by atoms with Crippen LogP contribution in [-0.2, 0) is 0 Å². The van der Waals surface area contributed by atoms with E-state index in [1.165, 1.54) is 12.8 Å². The van der Waals surface area contributed by atoms with Gasteiger partial charge in [-0.25, -0.2) is 0 Å². The summed E-state index contributed by atoms with van der Waals surface area (Å²) in [5.41, 5.74) is 0.732. The molecular weight excluding hydrogens is 214 g/mol. The Labute approximate surface area is 108 Å². The van der Waals surface area contributed by atoms with E-state index in [0.29, 0.717) is 16.9 Å². The molecule has 0 saturated carbocycles. The van der Waals surface area contributed by atoms with Crippen LogP contribution in [0.4, 0.5) is 0 Å². The van der Waals surface area contributed by atoms with Gasteiger partial charge in [-0.3, -0.25) is 0 Å². The van der Waals surface area contributed by atoms with E-state index in [9.17, 15) is 0 Å². The van der Waals surface area contributed by atoms with Crippen LogP contribution in [0.15, 0.2) is 0 Å². The van der Waals surface area contributed by atoms with Crippen molar-refractivity contribution in [2.24, 2.45) is 10.8 Å². The molecule has 0 heterocycles. The Morgan fingerprint density at radius 3 is 1.81 bits per heavy atom.